The highest BCUT2D eigenvalue weighted by atomic mass is 31.2. The number of phosphoric acid groups is 1. The number of amides is 1. The topological polar surface area (TPSA) is 131 Å². The van der Waals surface area contributed by atoms with E-state index in [0.717, 1.165) is 64.2 Å². The second-order valence-corrected chi connectivity index (χ2v) is 19.5. The van der Waals surface area contributed by atoms with Crippen LogP contribution in [-0.2, 0) is 18.4 Å². The third-order valence-corrected chi connectivity index (χ3v) is 12.9. The van der Waals surface area contributed by atoms with E-state index in [0.29, 0.717) is 12.8 Å². The van der Waals surface area contributed by atoms with E-state index < -0.39 is 20.0 Å². The summed E-state index contributed by atoms with van der Waals surface area (Å²) in [6.07, 6.45) is 62.8. The van der Waals surface area contributed by atoms with Crippen LogP contribution in [0.25, 0.3) is 0 Å². The first-order valence-electron chi connectivity index (χ1n) is 26.8. The molecule has 0 aromatic carbocycles. The smallest absolute Gasteiger partial charge is 0.391 e. The average molecular weight is 907 g/mol. The fourth-order valence-corrected chi connectivity index (χ4v) is 8.71. The van der Waals surface area contributed by atoms with Crippen molar-refractivity contribution >= 4 is 13.7 Å². The van der Waals surface area contributed by atoms with E-state index in [4.69, 9.17) is 14.8 Å². The minimum Gasteiger partial charge on any atom is -0.391 e. The maximum absolute atomic E-state index is 12.9. The molecule has 0 heterocycles. The molecule has 0 fully saturated rings. The number of phosphoric ester groups is 1. The zero-order valence-corrected chi connectivity index (χ0v) is 42.2. The SMILES string of the molecule is CC/C=C\C/C=C\C/C=C\C/C=C\CCCCCCCCCCCCC(=O)NC(COP(=O)(O)OCCN)C(O)CCCCCCCCCCCCCCCCCCCCCCC. The molecule has 0 aromatic rings. The largest absolute Gasteiger partial charge is 0.472 e. The molecule has 0 aliphatic rings. The molecular formula is C54H103N2O6P. The number of carbonyl (C=O) groups excluding carboxylic acids is 1. The second kappa shape index (κ2) is 49.9. The molecule has 0 spiro atoms. The van der Waals surface area contributed by atoms with Crippen LogP contribution in [0, 0.1) is 0 Å². The number of unbranched alkanes of at least 4 members (excludes halogenated alkanes) is 30. The van der Waals surface area contributed by atoms with Crippen LogP contribution in [0.4, 0.5) is 0 Å². The van der Waals surface area contributed by atoms with Gasteiger partial charge in [0.2, 0.25) is 5.91 Å². The van der Waals surface area contributed by atoms with Gasteiger partial charge in [0.25, 0.3) is 0 Å². The molecule has 3 unspecified atom stereocenters. The van der Waals surface area contributed by atoms with Crippen molar-refractivity contribution in [3.8, 4) is 0 Å². The Labute approximate surface area is 390 Å². The van der Waals surface area contributed by atoms with Crippen molar-refractivity contribution in [2.75, 3.05) is 19.8 Å². The van der Waals surface area contributed by atoms with Crippen LogP contribution in [0.15, 0.2) is 48.6 Å². The lowest BCUT2D eigenvalue weighted by Crippen LogP contribution is -2.46. The summed E-state index contributed by atoms with van der Waals surface area (Å²) in [7, 11) is -4.33. The Hall–Kier alpha value is -1.54. The number of aliphatic hydroxyl groups excluding tert-OH is 1. The van der Waals surface area contributed by atoms with E-state index in [9.17, 15) is 19.4 Å². The predicted octanol–water partition coefficient (Wildman–Crippen LogP) is 16.0. The van der Waals surface area contributed by atoms with E-state index in [2.05, 4.69) is 67.8 Å². The van der Waals surface area contributed by atoms with Crippen molar-refractivity contribution in [2.45, 2.75) is 270 Å². The molecule has 3 atom stereocenters. The van der Waals surface area contributed by atoms with E-state index in [1.807, 2.05) is 0 Å². The number of hydrogen-bond donors (Lipinski definition) is 4. The first-order valence-corrected chi connectivity index (χ1v) is 28.2. The number of rotatable bonds is 50. The van der Waals surface area contributed by atoms with Gasteiger partial charge in [0, 0.05) is 13.0 Å². The standard InChI is InChI=1S/C54H103N2O6P/c1-3-5-7-9-11-13-15-17-19-21-23-25-26-28-30-32-34-36-38-40-42-44-46-48-54(58)56-52(51-62-63(59,60)61-50-49-55)53(57)47-45-43-41-39-37-35-33-31-29-27-24-22-20-18-16-14-12-10-8-6-4-2/h5,7,11,13,17,19,23,25,52-53,57H,3-4,6,8-10,12,14-16,18,20-22,24,26-51,55H2,1-2H3,(H,56,58)(H,59,60)/b7-5-,13-11-,19-17-,25-23-. The molecule has 63 heavy (non-hydrogen) atoms. The van der Waals surface area contributed by atoms with Crippen molar-refractivity contribution in [1.29, 1.82) is 0 Å². The number of carbonyl (C=O) groups is 1. The number of nitrogens with one attached hydrogen (secondary N) is 1. The molecule has 5 N–H and O–H groups in total. The first-order chi connectivity index (χ1) is 30.9. The average Bonchev–Trinajstić information content (AvgIpc) is 3.27. The molecule has 0 aliphatic heterocycles. The summed E-state index contributed by atoms with van der Waals surface area (Å²) in [6.45, 7) is 4.12. The van der Waals surface area contributed by atoms with E-state index in [1.54, 1.807) is 0 Å². The van der Waals surface area contributed by atoms with E-state index in [1.165, 1.54) is 167 Å². The van der Waals surface area contributed by atoms with Crippen molar-refractivity contribution in [3.05, 3.63) is 48.6 Å². The minimum atomic E-state index is -4.33. The minimum absolute atomic E-state index is 0.0872. The molecule has 9 heteroatoms. The zero-order chi connectivity index (χ0) is 46.0. The van der Waals surface area contributed by atoms with Gasteiger partial charge in [-0.25, -0.2) is 4.57 Å². The Balaban J connectivity index is 4.03. The predicted molar refractivity (Wildman–Crippen MR) is 272 cm³/mol. The fourth-order valence-electron chi connectivity index (χ4n) is 7.95. The number of hydrogen-bond acceptors (Lipinski definition) is 6. The highest BCUT2D eigenvalue weighted by Crippen LogP contribution is 2.43. The molecule has 0 saturated carbocycles. The Bertz CT molecular complexity index is 1130. The van der Waals surface area contributed by atoms with Crippen LogP contribution >= 0.6 is 7.82 Å². The molecule has 0 aromatic heterocycles. The highest BCUT2D eigenvalue weighted by molar-refractivity contribution is 7.47. The number of nitrogens with two attached hydrogens (primary N) is 1. The summed E-state index contributed by atoms with van der Waals surface area (Å²) in [5.41, 5.74) is 5.41. The van der Waals surface area contributed by atoms with Gasteiger partial charge in [-0.15, -0.1) is 0 Å². The van der Waals surface area contributed by atoms with Crippen LogP contribution in [0.3, 0.4) is 0 Å². The van der Waals surface area contributed by atoms with Crippen LogP contribution in [0.5, 0.6) is 0 Å². The van der Waals surface area contributed by atoms with Gasteiger partial charge in [0.05, 0.1) is 25.4 Å². The highest BCUT2D eigenvalue weighted by Gasteiger charge is 2.27. The Morgan fingerprint density at radius 3 is 1.35 bits per heavy atom. The summed E-state index contributed by atoms with van der Waals surface area (Å²) >= 11 is 0. The van der Waals surface area contributed by atoms with Crippen LogP contribution in [0.1, 0.15) is 258 Å². The molecule has 1 amide bonds. The van der Waals surface area contributed by atoms with Gasteiger partial charge in [-0.05, 0) is 51.4 Å². The van der Waals surface area contributed by atoms with Crippen molar-refractivity contribution in [3.63, 3.8) is 0 Å². The lowest BCUT2D eigenvalue weighted by Gasteiger charge is -2.25. The first kappa shape index (κ1) is 61.5. The maximum Gasteiger partial charge on any atom is 0.472 e. The molecule has 0 bridgehead atoms. The van der Waals surface area contributed by atoms with Crippen LogP contribution < -0.4 is 11.1 Å². The quantitative estimate of drug-likeness (QED) is 0.0272. The molecular weight excluding hydrogens is 804 g/mol. The third-order valence-electron chi connectivity index (χ3n) is 11.9. The van der Waals surface area contributed by atoms with Gasteiger partial charge < -0.3 is 21.1 Å². The fraction of sp³-hybridized carbons (Fsp3) is 0.833. The van der Waals surface area contributed by atoms with Gasteiger partial charge >= 0.3 is 7.82 Å². The van der Waals surface area contributed by atoms with Gasteiger partial charge in [0.15, 0.2) is 0 Å². The lowest BCUT2D eigenvalue weighted by molar-refractivity contribution is -0.123. The van der Waals surface area contributed by atoms with Gasteiger partial charge in [-0.3, -0.25) is 13.8 Å². The molecule has 0 rings (SSSR count). The summed E-state index contributed by atoms with van der Waals surface area (Å²) in [6, 6.07) is -0.779. The molecule has 8 nitrogen and oxygen atoms in total. The summed E-state index contributed by atoms with van der Waals surface area (Å²) < 4.78 is 22.3. The second-order valence-electron chi connectivity index (χ2n) is 18.1. The third kappa shape index (κ3) is 48.2. The maximum atomic E-state index is 12.9. The summed E-state index contributed by atoms with van der Waals surface area (Å²) in [5, 5.41) is 13.9. The van der Waals surface area contributed by atoms with Crippen LogP contribution in [0.2, 0.25) is 0 Å². The Morgan fingerprint density at radius 1 is 0.540 bits per heavy atom. The van der Waals surface area contributed by atoms with Crippen molar-refractivity contribution < 1.29 is 28.4 Å². The molecule has 0 aliphatic carbocycles. The Morgan fingerprint density at radius 2 is 0.921 bits per heavy atom. The van der Waals surface area contributed by atoms with E-state index in [-0.39, 0.29) is 25.7 Å². The van der Waals surface area contributed by atoms with Crippen molar-refractivity contribution in [1.82, 2.24) is 5.32 Å². The number of aliphatic hydroxyl groups is 1. The van der Waals surface area contributed by atoms with Crippen molar-refractivity contribution in [2.24, 2.45) is 5.73 Å². The molecule has 370 valence electrons. The lowest BCUT2D eigenvalue weighted by atomic mass is 10.0. The molecule has 0 saturated heterocycles. The van der Waals surface area contributed by atoms with Gasteiger partial charge in [-0.2, -0.15) is 0 Å². The summed E-state index contributed by atoms with van der Waals surface area (Å²) in [5.74, 6) is -0.164. The monoisotopic (exact) mass is 907 g/mol. The van der Waals surface area contributed by atoms with Gasteiger partial charge in [0.1, 0.15) is 0 Å². The van der Waals surface area contributed by atoms with E-state index >= 15 is 0 Å². The van der Waals surface area contributed by atoms with Crippen LogP contribution in [-0.4, -0.2) is 47.8 Å². The summed E-state index contributed by atoms with van der Waals surface area (Å²) in [4.78, 5) is 22.9. The normalized spacial score (nSPS) is 14.2. The zero-order valence-electron chi connectivity index (χ0n) is 41.3. The molecule has 0 radical (unpaired) electrons. The Kier molecular flexibility index (Phi) is 48.7. The van der Waals surface area contributed by atoms with Gasteiger partial charge in [-0.1, -0.05) is 249 Å². The number of allylic oxidation sites excluding steroid dienone is 8.